The van der Waals surface area contributed by atoms with Gasteiger partial charge in [-0.25, -0.2) is 13.2 Å². The molecule has 0 bridgehead atoms. The predicted octanol–water partition coefficient (Wildman–Crippen LogP) is 0.821. The van der Waals surface area contributed by atoms with Crippen LogP contribution in [0.5, 0.6) is 0 Å². The van der Waals surface area contributed by atoms with Gasteiger partial charge >= 0.3 is 5.97 Å². The van der Waals surface area contributed by atoms with E-state index in [2.05, 4.69) is 0 Å². The van der Waals surface area contributed by atoms with Crippen molar-refractivity contribution in [2.24, 2.45) is 0 Å². The number of aromatic nitrogens is 1. The Balaban J connectivity index is 1.74. The number of carbonyl (C=O) groups excluding carboxylic acids is 2. The minimum Gasteiger partial charge on any atom is -0.619 e. The van der Waals surface area contributed by atoms with Crippen molar-refractivity contribution in [3.8, 4) is 0 Å². The molecule has 3 rings (SSSR count). The smallest absolute Gasteiger partial charge is 0.339 e. The third kappa shape index (κ3) is 4.50. The number of hydrogen-bond acceptors (Lipinski definition) is 6. The van der Waals surface area contributed by atoms with E-state index in [0.29, 0.717) is 10.4 Å². The number of benzene rings is 1. The summed E-state index contributed by atoms with van der Waals surface area (Å²) in [6.07, 6.45) is 3.72. The number of amides is 1. The molecule has 0 saturated carbocycles. The minimum absolute atomic E-state index is 0.129. The maximum absolute atomic E-state index is 12.7. The minimum atomic E-state index is -3.37. The van der Waals surface area contributed by atoms with Crippen LogP contribution in [0.4, 0.5) is 5.69 Å². The molecule has 9 heteroatoms. The average molecular weight is 388 g/mol. The molecule has 140 valence electrons. The van der Waals surface area contributed by atoms with Crippen molar-refractivity contribution >= 4 is 27.4 Å². The highest BCUT2D eigenvalue weighted by atomic mass is 32.2. The molecule has 2 aromatic rings. The fraction of sp³-hybridized carbons (Fsp3) is 0.167. The van der Waals surface area contributed by atoms with Gasteiger partial charge in [-0.2, -0.15) is 4.73 Å². The van der Waals surface area contributed by atoms with E-state index in [4.69, 9.17) is 4.74 Å². The number of hydrogen-bond donors (Lipinski definition) is 0. The van der Waals surface area contributed by atoms with E-state index in [-0.39, 0.29) is 11.3 Å². The zero-order valence-corrected chi connectivity index (χ0v) is 14.9. The molecule has 27 heavy (non-hydrogen) atoms. The van der Waals surface area contributed by atoms with Crippen LogP contribution in [-0.4, -0.2) is 38.7 Å². The van der Waals surface area contributed by atoms with Crippen LogP contribution in [0.25, 0.3) is 0 Å². The molecule has 1 atom stereocenters. The van der Waals surface area contributed by atoms with Gasteiger partial charge in [-0.15, -0.1) is 0 Å². The second-order valence-electron chi connectivity index (χ2n) is 5.85. The Kier molecular flexibility index (Phi) is 5.22. The van der Waals surface area contributed by atoms with Crippen molar-refractivity contribution in [1.82, 2.24) is 0 Å². The third-order valence-corrected chi connectivity index (χ3v) is 5.29. The molecule has 2 heterocycles. The van der Waals surface area contributed by atoms with Gasteiger partial charge in [-0.05, 0) is 18.2 Å². The molecule has 0 aliphatic carbocycles. The van der Waals surface area contributed by atoms with Gasteiger partial charge in [0, 0.05) is 23.2 Å². The summed E-state index contributed by atoms with van der Waals surface area (Å²) in [6, 6.07) is 10.4. The maximum atomic E-state index is 12.7. The fourth-order valence-electron chi connectivity index (χ4n) is 2.66. The first-order valence-corrected chi connectivity index (χ1v) is 9.71. The van der Waals surface area contributed by atoms with Crippen molar-refractivity contribution in [1.29, 1.82) is 0 Å². The first kappa shape index (κ1) is 18.6. The number of carbonyl (C=O) groups is 2. The quantitative estimate of drug-likeness (QED) is 0.426. The number of esters is 1. The monoisotopic (exact) mass is 388 g/mol. The van der Waals surface area contributed by atoms with E-state index in [0.717, 1.165) is 17.8 Å². The van der Waals surface area contributed by atoms with Crippen LogP contribution in [0.2, 0.25) is 0 Å². The van der Waals surface area contributed by atoms with E-state index in [9.17, 15) is 23.2 Å². The number of para-hydroxylation sites is 1. The summed E-state index contributed by atoms with van der Waals surface area (Å²) >= 11 is 0. The normalized spacial score (nSPS) is 17.4. The standard InChI is InChI=1S/C18H16N2O6S/c21-17(12-26-18(22)14-6-9-19(23)10-7-14)20(15-4-2-1-3-5-15)16-8-11-27(24,25)13-16/h1-11,16H,12-13H2/t16-/m1/s1. The molecule has 0 saturated heterocycles. The van der Waals surface area contributed by atoms with Crippen molar-refractivity contribution in [3.05, 3.63) is 77.1 Å². The first-order chi connectivity index (χ1) is 12.9. The molecule has 8 nitrogen and oxygen atoms in total. The van der Waals surface area contributed by atoms with Crippen LogP contribution in [0.3, 0.4) is 0 Å². The zero-order valence-electron chi connectivity index (χ0n) is 14.1. The van der Waals surface area contributed by atoms with E-state index >= 15 is 0 Å². The lowest BCUT2D eigenvalue weighted by Gasteiger charge is -2.27. The summed E-state index contributed by atoms with van der Waals surface area (Å²) in [5.41, 5.74) is 0.627. The van der Waals surface area contributed by atoms with Crippen molar-refractivity contribution < 1.29 is 27.5 Å². The maximum Gasteiger partial charge on any atom is 0.339 e. The molecular formula is C18H16N2O6S. The summed E-state index contributed by atoms with van der Waals surface area (Å²) in [5, 5.41) is 12.1. The van der Waals surface area contributed by atoms with Crippen LogP contribution < -0.4 is 9.63 Å². The summed E-state index contributed by atoms with van der Waals surface area (Å²) in [6.45, 7) is -0.565. The van der Waals surface area contributed by atoms with E-state index < -0.39 is 34.4 Å². The van der Waals surface area contributed by atoms with Crippen LogP contribution in [0, 0.1) is 5.21 Å². The Bertz CT molecular complexity index is 971. The van der Waals surface area contributed by atoms with Gasteiger partial charge in [-0.1, -0.05) is 18.2 Å². The Hall–Kier alpha value is -3.20. The van der Waals surface area contributed by atoms with Gasteiger partial charge in [0.1, 0.15) is 0 Å². The Labute approximate surface area is 155 Å². The predicted molar refractivity (Wildman–Crippen MR) is 96.3 cm³/mol. The topological polar surface area (TPSA) is 108 Å². The number of anilines is 1. The molecular weight excluding hydrogens is 372 g/mol. The second kappa shape index (κ2) is 7.58. The van der Waals surface area contributed by atoms with Crippen molar-refractivity contribution in [3.63, 3.8) is 0 Å². The summed E-state index contributed by atoms with van der Waals surface area (Å²) in [5.74, 6) is -1.55. The SMILES string of the molecule is O=C(OCC(=O)N(c1ccccc1)[C@@H]1C=CS(=O)(=O)C1)c1cc[n+]([O-])cc1. The molecule has 1 aromatic carbocycles. The third-order valence-electron chi connectivity index (χ3n) is 3.91. The molecule has 0 unspecified atom stereocenters. The van der Waals surface area contributed by atoms with Crippen LogP contribution in [0.1, 0.15) is 10.4 Å². The van der Waals surface area contributed by atoms with Gasteiger partial charge in [0.2, 0.25) is 0 Å². The highest BCUT2D eigenvalue weighted by Gasteiger charge is 2.31. The molecule has 0 fully saturated rings. The first-order valence-electron chi connectivity index (χ1n) is 8.00. The van der Waals surface area contributed by atoms with Gasteiger partial charge in [0.15, 0.2) is 28.8 Å². The molecule has 1 aromatic heterocycles. The summed E-state index contributed by atoms with van der Waals surface area (Å²) < 4.78 is 29.0. The molecule has 1 amide bonds. The molecule has 0 N–H and O–H groups in total. The lowest BCUT2D eigenvalue weighted by molar-refractivity contribution is -0.605. The van der Waals surface area contributed by atoms with Gasteiger partial charge < -0.3 is 14.8 Å². The number of sulfone groups is 1. The van der Waals surface area contributed by atoms with Gasteiger partial charge in [0.05, 0.1) is 17.4 Å². The fourth-order valence-corrected chi connectivity index (χ4v) is 3.93. The lowest BCUT2D eigenvalue weighted by atomic mass is 10.2. The second-order valence-corrected chi connectivity index (χ2v) is 7.78. The van der Waals surface area contributed by atoms with Crippen LogP contribution in [-0.2, 0) is 19.4 Å². The summed E-state index contributed by atoms with van der Waals surface area (Å²) in [7, 11) is -3.37. The van der Waals surface area contributed by atoms with E-state index in [1.165, 1.54) is 23.1 Å². The van der Waals surface area contributed by atoms with Gasteiger partial charge in [0.25, 0.3) is 5.91 Å². The van der Waals surface area contributed by atoms with Crippen LogP contribution >= 0.6 is 0 Å². The molecule has 1 aliphatic heterocycles. The van der Waals surface area contributed by atoms with Crippen LogP contribution in [0.15, 0.2) is 66.3 Å². The molecule has 0 radical (unpaired) electrons. The largest absolute Gasteiger partial charge is 0.619 e. The molecule has 0 spiro atoms. The van der Waals surface area contributed by atoms with E-state index in [1.807, 2.05) is 0 Å². The number of ether oxygens (including phenoxy) is 1. The highest BCUT2D eigenvalue weighted by molar-refractivity contribution is 7.94. The van der Waals surface area contributed by atoms with Crippen molar-refractivity contribution in [2.45, 2.75) is 6.04 Å². The number of pyridine rings is 1. The lowest BCUT2D eigenvalue weighted by Crippen LogP contribution is -2.43. The molecule has 1 aliphatic rings. The number of rotatable bonds is 5. The average Bonchev–Trinajstić information content (AvgIpc) is 3.00. The summed E-state index contributed by atoms with van der Waals surface area (Å²) in [4.78, 5) is 26.0. The number of nitrogens with zero attached hydrogens (tertiary/aromatic N) is 2. The van der Waals surface area contributed by atoms with Crippen molar-refractivity contribution in [2.75, 3.05) is 17.3 Å². The Morgan fingerprint density at radius 3 is 2.41 bits per heavy atom. The Morgan fingerprint density at radius 2 is 1.81 bits per heavy atom. The Morgan fingerprint density at radius 1 is 1.15 bits per heavy atom. The van der Waals surface area contributed by atoms with E-state index in [1.54, 1.807) is 30.3 Å². The zero-order chi connectivity index (χ0) is 19.4. The highest BCUT2D eigenvalue weighted by Crippen LogP contribution is 2.22. The van der Waals surface area contributed by atoms with Gasteiger partial charge in [-0.3, -0.25) is 4.79 Å².